The van der Waals surface area contributed by atoms with Crippen molar-refractivity contribution in [2.45, 2.75) is 32.6 Å². The second-order valence-electron chi connectivity index (χ2n) is 11.6. The van der Waals surface area contributed by atoms with Crippen LogP contribution in [-0.2, 0) is 12.5 Å². The highest BCUT2D eigenvalue weighted by atomic mass is 19.1. The number of anilines is 2. The van der Waals surface area contributed by atoms with Crippen LogP contribution in [-0.4, -0.2) is 6.54 Å². The summed E-state index contributed by atoms with van der Waals surface area (Å²) < 4.78 is 24.6. The summed E-state index contributed by atoms with van der Waals surface area (Å²) in [7, 11) is 2.04. The molecule has 1 aliphatic heterocycles. The van der Waals surface area contributed by atoms with Gasteiger partial charge in [0.15, 0.2) is 6.20 Å². The third kappa shape index (κ3) is 3.74. The molecule has 0 amide bonds. The van der Waals surface area contributed by atoms with Crippen molar-refractivity contribution in [3.8, 4) is 22.4 Å². The molecule has 0 saturated heterocycles. The molecule has 0 aliphatic carbocycles. The van der Waals surface area contributed by atoms with E-state index in [4.69, 9.17) is 4.42 Å². The van der Waals surface area contributed by atoms with Crippen molar-refractivity contribution in [2.75, 3.05) is 11.4 Å². The van der Waals surface area contributed by atoms with Gasteiger partial charge in [0, 0.05) is 40.8 Å². The minimum absolute atomic E-state index is 0.0285. The van der Waals surface area contributed by atoms with E-state index >= 15 is 4.39 Å². The molecule has 6 aromatic rings. The van der Waals surface area contributed by atoms with E-state index in [9.17, 15) is 0 Å². The second kappa shape index (κ2) is 9.06. The van der Waals surface area contributed by atoms with Crippen LogP contribution in [0.2, 0.25) is 0 Å². The van der Waals surface area contributed by atoms with Crippen LogP contribution in [0, 0.1) is 12.7 Å². The molecule has 198 valence electrons. The Hall–Kier alpha value is -4.44. The maximum Gasteiger partial charge on any atom is 0.216 e. The molecule has 0 bridgehead atoms. The standard InChI is InChI=1S/C36H32FN2O/c1-23-13-15-26-27-16-18-29(37)33(35(27)40-34(26)32(23)30-12-8-9-20-38(30)4)24-14-17-28-31(22-24)39(21-19-36(28,2)3)25-10-6-5-7-11-25/h5-18,20,22H,19,21H2,1-4H3/q+1. The minimum Gasteiger partial charge on any atom is -0.454 e. The normalized spacial score (nSPS) is 14.6. The fourth-order valence-electron chi connectivity index (χ4n) is 6.35. The molecule has 3 heterocycles. The van der Waals surface area contributed by atoms with Gasteiger partial charge in [0.2, 0.25) is 5.69 Å². The quantitative estimate of drug-likeness (QED) is 0.214. The van der Waals surface area contributed by atoms with Gasteiger partial charge >= 0.3 is 0 Å². The first-order chi connectivity index (χ1) is 19.3. The van der Waals surface area contributed by atoms with Gasteiger partial charge in [-0.1, -0.05) is 56.3 Å². The molecule has 7 rings (SSSR count). The largest absolute Gasteiger partial charge is 0.454 e. The van der Waals surface area contributed by atoms with E-state index in [2.05, 4.69) is 90.9 Å². The van der Waals surface area contributed by atoms with Crippen molar-refractivity contribution in [3.05, 3.63) is 114 Å². The summed E-state index contributed by atoms with van der Waals surface area (Å²) >= 11 is 0. The fraction of sp³-hybridized carbons (Fsp3) is 0.194. The summed E-state index contributed by atoms with van der Waals surface area (Å²) in [5, 5.41) is 1.91. The summed E-state index contributed by atoms with van der Waals surface area (Å²) in [6, 6.07) is 30.6. The molecule has 2 aromatic heterocycles. The minimum atomic E-state index is -0.281. The zero-order chi connectivity index (χ0) is 27.6. The highest BCUT2D eigenvalue weighted by Gasteiger charge is 2.32. The number of pyridine rings is 1. The Bertz CT molecular complexity index is 1920. The monoisotopic (exact) mass is 527 g/mol. The molecular formula is C36H32FN2O+. The van der Waals surface area contributed by atoms with Gasteiger partial charge in [-0.3, -0.25) is 0 Å². The summed E-state index contributed by atoms with van der Waals surface area (Å²) in [6.07, 6.45) is 3.08. The molecule has 0 unspecified atom stereocenters. The zero-order valence-corrected chi connectivity index (χ0v) is 23.3. The summed E-state index contributed by atoms with van der Waals surface area (Å²) in [5.41, 5.74) is 9.48. The van der Waals surface area contributed by atoms with Crippen LogP contribution in [0.25, 0.3) is 44.3 Å². The third-order valence-electron chi connectivity index (χ3n) is 8.61. The first kappa shape index (κ1) is 24.6. The van der Waals surface area contributed by atoms with Crippen LogP contribution >= 0.6 is 0 Å². The van der Waals surface area contributed by atoms with Gasteiger partial charge in [0.1, 0.15) is 24.0 Å². The molecule has 1 aliphatic rings. The molecule has 0 atom stereocenters. The Balaban J connectivity index is 1.48. The highest BCUT2D eigenvalue weighted by molar-refractivity contribution is 6.13. The molecule has 0 radical (unpaired) electrons. The van der Waals surface area contributed by atoms with Gasteiger partial charge in [-0.15, -0.1) is 0 Å². The highest BCUT2D eigenvalue weighted by Crippen LogP contribution is 2.47. The number of halogens is 1. The molecular weight excluding hydrogens is 495 g/mol. The van der Waals surface area contributed by atoms with Gasteiger partial charge in [-0.2, -0.15) is 0 Å². The summed E-state index contributed by atoms with van der Waals surface area (Å²) in [6.45, 7) is 7.59. The van der Waals surface area contributed by atoms with Crippen molar-refractivity contribution in [1.29, 1.82) is 0 Å². The molecule has 0 spiro atoms. The van der Waals surface area contributed by atoms with E-state index < -0.39 is 0 Å². The van der Waals surface area contributed by atoms with Gasteiger partial charge in [-0.05, 0) is 71.8 Å². The lowest BCUT2D eigenvalue weighted by Gasteiger charge is -2.40. The third-order valence-corrected chi connectivity index (χ3v) is 8.61. The lowest BCUT2D eigenvalue weighted by Crippen LogP contribution is -2.34. The maximum absolute atomic E-state index is 15.8. The zero-order valence-electron chi connectivity index (χ0n) is 23.3. The van der Waals surface area contributed by atoms with Crippen molar-refractivity contribution >= 4 is 33.3 Å². The van der Waals surface area contributed by atoms with Gasteiger partial charge in [-0.25, -0.2) is 8.96 Å². The number of aryl methyl sites for hydroxylation is 2. The van der Waals surface area contributed by atoms with Crippen LogP contribution in [0.4, 0.5) is 15.8 Å². The van der Waals surface area contributed by atoms with Crippen LogP contribution in [0.5, 0.6) is 0 Å². The van der Waals surface area contributed by atoms with E-state index in [1.807, 2.05) is 37.5 Å². The maximum atomic E-state index is 15.8. The molecule has 0 fully saturated rings. The molecule has 0 saturated carbocycles. The van der Waals surface area contributed by atoms with E-state index in [1.165, 1.54) is 5.56 Å². The number of nitrogens with zero attached hydrogens (tertiary/aromatic N) is 2. The average Bonchev–Trinajstić information content (AvgIpc) is 3.32. The number of hydrogen-bond donors (Lipinski definition) is 0. The van der Waals surface area contributed by atoms with E-state index in [0.717, 1.165) is 63.1 Å². The van der Waals surface area contributed by atoms with Crippen molar-refractivity contribution in [1.82, 2.24) is 0 Å². The first-order valence-corrected chi connectivity index (χ1v) is 13.9. The predicted octanol–water partition coefficient (Wildman–Crippen LogP) is 9.01. The Morgan fingerprint density at radius 2 is 1.55 bits per heavy atom. The van der Waals surface area contributed by atoms with Crippen molar-refractivity contribution in [2.24, 2.45) is 7.05 Å². The number of aromatic nitrogens is 1. The van der Waals surface area contributed by atoms with Crippen molar-refractivity contribution in [3.63, 3.8) is 0 Å². The predicted molar refractivity (Wildman–Crippen MR) is 162 cm³/mol. The molecule has 4 aromatic carbocycles. The summed E-state index contributed by atoms with van der Waals surface area (Å²) in [5.74, 6) is -0.281. The molecule has 40 heavy (non-hydrogen) atoms. The Labute approximate surface area is 234 Å². The Kier molecular flexibility index (Phi) is 5.57. The first-order valence-electron chi connectivity index (χ1n) is 13.9. The van der Waals surface area contributed by atoms with E-state index in [-0.39, 0.29) is 11.2 Å². The van der Waals surface area contributed by atoms with E-state index in [1.54, 1.807) is 6.07 Å². The van der Waals surface area contributed by atoms with Gasteiger partial charge in [0.05, 0.1) is 11.1 Å². The number of hydrogen-bond acceptors (Lipinski definition) is 2. The fourth-order valence-corrected chi connectivity index (χ4v) is 6.35. The summed E-state index contributed by atoms with van der Waals surface area (Å²) in [4.78, 5) is 2.36. The van der Waals surface area contributed by atoms with Gasteiger partial charge < -0.3 is 9.32 Å². The van der Waals surface area contributed by atoms with Crippen LogP contribution < -0.4 is 9.47 Å². The number of fused-ring (bicyclic) bond motifs is 4. The lowest BCUT2D eigenvalue weighted by molar-refractivity contribution is -0.660. The Morgan fingerprint density at radius 3 is 2.33 bits per heavy atom. The number of benzene rings is 4. The van der Waals surface area contributed by atoms with Crippen LogP contribution in [0.15, 0.2) is 102 Å². The average molecular weight is 528 g/mol. The molecule has 3 nitrogen and oxygen atoms in total. The number of furan rings is 1. The van der Waals surface area contributed by atoms with Crippen LogP contribution in [0.1, 0.15) is 31.4 Å². The topological polar surface area (TPSA) is 20.3 Å². The molecule has 0 N–H and O–H groups in total. The lowest BCUT2D eigenvalue weighted by atomic mass is 9.77. The number of para-hydroxylation sites is 1. The SMILES string of the molecule is Cc1ccc2c(oc3c(-c4ccc5c(c4)N(c4ccccc4)CCC5(C)C)c(F)ccc32)c1-c1cccc[n+]1C. The second-order valence-corrected chi connectivity index (χ2v) is 11.6. The Morgan fingerprint density at radius 1 is 0.825 bits per heavy atom. The van der Waals surface area contributed by atoms with Gasteiger partial charge in [0.25, 0.3) is 0 Å². The van der Waals surface area contributed by atoms with Crippen LogP contribution in [0.3, 0.4) is 0 Å². The smallest absolute Gasteiger partial charge is 0.216 e. The number of rotatable bonds is 3. The van der Waals surface area contributed by atoms with Crippen molar-refractivity contribution < 1.29 is 13.4 Å². The van der Waals surface area contributed by atoms with E-state index in [0.29, 0.717) is 11.1 Å². The molecule has 4 heteroatoms.